The van der Waals surface area contributed by atoms with E-state index in [1.165, 1.54) is 19.3 Å². The first kappa shape index (κ1) is 16.1. The minimum absolute atomic E-state index is 0.0897. The van der Waals surface area contributed by atoms with Crippen molar-refractivity contribution in [1.29, 1.82) is 0 Å². The van der Waals surface area contributed by atoms with Crippen molar-refractivity contribution in [2.75, 3.05) is 6.54 Å². The summed E-state index contributed by atoms with van der Waals surface area (Å²) in [6.07, 6.45) is 10.4. The maximum Gasteiger partial charge on any atom is 0.236 e. The fraction of sp³-hybridized carbons (Fsp3) is 0.875. The van der Waals surface area contributed by atoms with Gasteiger partial charge in [-0.15, -0.1) is 0 Å². The lowest BCUT2D eigenvalue weighted by molar-refractivity contribution is -0.142. The van der Waals surface area contributed by atoms with E-state index in [4.69, 9.17) is 10.9 Å². The van der Waals surface area contributed by atoms with Crippen LogP contribution in [0.4, 0.5) is 0 Å². The van der Waals surface area contributed by atoms with E-state index < -0.39 is 5.41 Å². The van der Waals surface area contributed by atoms with Crippen LogP contribution in [-0.2, 0) is 4.79 Å². The van der Waals surface area contributed by atoms with Crippen LogP contribution < -0.4 is 5.73 Å². The molecular weight excluding hydrogens is 266 g/mol. The SMILES string of the molecule is CCN(C(=O)C1(C(N)=NO)CCCCC1)C1CCCCC1. The lowest BCUT2D eigenvalue weighted by Gasteiger charge is -2.42. The van der Waals surface area contributed by atoms with E-state index in [1.54, 1.807) is 0 Å². The van der Waals surface area contributed by atoms with Gasteiger partial charge in [0, 0.05) is 12.6 Å². The van der Waals surface area contributed by atoms with Crippen LogP contribution in [0.2, 0.25) is 0 Å². The summed E-state index contributed by atoms with van der Waals surface area (Å²) in [5.74, 6) is 0.202. The van der Waals surface area contributed by atoms with Crippen LogP contribution in [0.15, 0.2) is 5.16 Å². The molecule has 0 heterocycles. The van der Waals surface area contributed by atoms with E-state index in [1.807, 2.05) is 11.8 Å². The van der Waals surface area contributed by atoms with Crippen LogP contribution in [-0.4, -0.2) is 34.4 Å². The average molecular weight is 295 g/mol. The molecule has 0 saturated heterocycles. The largest absolute Gasteiger partial charge is 0.409 e. The molecule has 0 bridgehead atoms. The van der Waals surface area contributed by atoms with Gasteiger partial charge in [0.1, 0.15) is 5.41 Å². The standard InChI is InChI=1S/C16H29N3O2/c1-2-19(13-9-5-3-6-10-13)15(20)16(14(17)18-21)11-7-4-8-12-16/h13,21H,2-12H2,1H3,(H2,17,18). The molecule has 0 atom stereocenters. The fourth-order valence-electron chi connectivity index (χ4n) is 4.07. The molecule has 1 amide bonds. The summed E-state index contributed by atoms with van der Waals surface area (Å²) in [5, 5.41) is 12.4. The number of hydrogen-bond donors (Lipinski definition) is 2. The molecule has 2 saturated carbocycles. The lowest BCUT2D eigenvalue weighted by Crippen LogP contribution is -2.55. The van der Waals surface area contributed by atoms with E-state index in [0.717, 1.165) is 32.1 Å². The first-order valence-electron chi connectivity index (χ1n) is 8.45. The Hall–Kier alpha value is -1.26. The molecule has 120 valence electrons. The molecule has 2 fully saturated rings. The Bertz CT molecular complexity index is 383. The average Bonchev–Trinajstić information content (AvgIpc) is 2.56. The topological polar surface area (TPSA) is 78.9 Å². The third-order valence-corrected chi connectivity index (χ3v) is 5.33. The van der Waals surface area contributed by atoms with Gasteiger partial charge in [-0.3, -0.25) is 4.79 Å². The van der Waals surface area contributed by atoms with Gasteiger partial charge in [0.15, 0.2) is 5.84 Å². The Morgan fingerprint density at radius 3 is 2.29 bits per heavy atom. The molecule has 0 aliphatic heterocycles. The number of hydrogen-bond acceptors (Lipinski definition) is 3. The number of oxime groups is 1. The fourth-order valence-corrected chi connectivity index (χ4v) is 4.07. The zero-order valence-electron chi connectivity index (χ0n) is 13.2. The van der Waals surface area contributed by atoms with Crippen LogP contribution in [0.5, 0.6) is 0 Å². The smallest absolute Gasteiger partial charge is 0.236 e. The van der Waals surface area contributed by atoms with Crippen molar-refractivity contribution in [2.24, 2.45) is 16.3 Å². The lowest BCUT2D eigenvalue weighted by atomic mass is 9.71. The second-order valence-corrected chi connectivity index (χ2v) is 6.51. The Morgan fingerprint density at radius 2 is 1.76 bits per heavy atom. The van der Waals surface area contributed by atoms with Crippen LogP contribution in [0.25, 0.3) is 0 Å². The number of amidine groups is 1. The van der Waals surface area contributed by atoms with Crippen molar-refractivity contribution in [2.45, 2.75) is 77.2 Å². The molecule has 0 aromatic carbocycles. The van der Waals surface area contributed by atoms with Crippen molar-refractivity contribution >= 4 is 11.7 Å². The normalized spacial score (nSPS) is 23.8. The van der Waals surface area contributed by atoms with Crippen molar-refractivity contribution in [1.82, 2.24) is 4.90 Å². The Balaban J connectivity index is 2.23. The summed E-state index contributed by atoms with van der Waals surface area (Å²) < 4.78 is 0. The minimum atomic E-state index is -0.763. The predicted molar refractivity (Wildman–Crippen MR) is 83.2 cm³/mol. The van der Waals surface area contributed by atoms with E-state index in [9.17, 15) is 4.79 Å². The number of rotatable bonds is 4. The van der Waals surface area contributed by atoms with Crippen LogP contribution in [0.1, 0.15) is 71.1 Å². The van der Waals surface area contributed by atoms with E-state index in [0.29, 0.717) is 25.4 Å². The minimum Gasteiger partial charge on any atom is -0.409 e. The van der Waals surface area contributed by atoms with E-state index >= 15 is 0 Å². The van der Waals surface area contributed by atoms with Gasteiger partial charge in [-0.1, -0.05) is 43.7 Å². The van der Waals surface area contributed by atoms with Gasteiger partial charge in [0.25, 0.3) is 0 Å². The summed E-state index contributed by atoms with van der Waals surface area (Å²) in [6.45, 7) is 2.75. The number of nitrogens with zero attached hydrogens (tertiary/aromatic N) is 2. The zero-order valence-corrected chi connectivity index (χ0v) is 13.2. The number of amides is 1. The summed E-state index contributed by atoms with van der Waals surface area (Å²) in [7, 11) is 0. The van der Waals surface area contributed by atoms with Gasteiger partial charge in [0.05, 0.1) is 0 Å². The molecule has 2 rings (SSSR count). The number of carbonyl (C=O) groups excluding carboxylic acids is 1. The summed E-state index contributed by atoms with van der Waals surface area (Å²) in [5.41, 5.74) is 5.19. The second kappa shape index (κ2) is 7.14. The van der Waals surface area contributed by atoms with Gasteiger partial charge in [-0.05, 0) is 32.6 Å². The van der Waals surface area contributed by atoms with Crippen molar-refractivity contribution in [3.8, 4) is 0 Å². The Morgan fingerprint density at radius 1 is 1.19 bits per heavy atom. The highest BCUT2D eigenvalue weighted by atomic mass is 16.4. The van der Waals surface area contributed by atoms with Gasteiger partial charge < -0.3 is 15.8 Å². The summed E-state index contributed by atoms with van der Waals surface area (Å²) in [4.78, 5) is 15.2. The Kier molecular flexibility index (Phi) is 5.48. The van der Waals surface area contributed by atoms with E-state index in [2.05, 4.69) is 5.16 Å². The van der Waals surface area contributed by atoms with Crippen LogP contribution in [0, 0.1) is 5.41 Å². The third-order valence-electron chi connectivity index (χ3n) is 5.33. The quantitative estimate of drug-likeness (QED) is 0.362. The highest BCUT2D eigenvalue weighted by molar-refractivity contribution is 6.06. The van der Waals surface area contributed by atoms with E-state index in [-0.39, 0.29) is 11.7 Å². The van der Waals surface area contributed by atoms with Crippen molar-refractivity contribution < 1.29 is 10.0 Å². The highest BCUT2D eigenvalue weighted by Crippen LogP contribution is 2.39. The predicted octanol–water partition coefficient (Wildman–Crippen LogP) is 2.86. The molecule has 2 aliphatic rings. The first-order chi connectivity index (χ1) is 10.2. The maximum atomic E-state index is 13.2. The van der Waals surface area contributed by atoms with Crippen LogP contribution in [0.3, 0.4) is 0 Å². The first-order valence-corrected chi connectivity index (χ1v) is 8.45. The van der Waals surface area contributed by atoms with Gasteiger partial charge >= 0.3 is 0 Å². The Labute approximate surface area is 127 Å². The molecule has 5 heteroatoms. The molecular formula is C16H29N3O2. The van der Waals surface area contributed by atoms with Crippen molar-refractivity contribution in [3.05, 3.63) is 0 Å². The summed E-state index contributed by atoms with van der Waals surface area (Å²) in [6, 6.07) is 0.335. The highest BCUT2D eigenvalue weighted by Gasteiger charge is 2.47. The molecule has 21 heavy (non-hydrogen) atoms. The zero-order chi connectivity index (χ0) is 15.3. The molecule has 2 aliphatic carbocycles. The molecule has 5 nitrogen and oxygen atoms in total. The van der Waals surface area contributed by atoms with Gasteiger partial charge in [-0.2, -0.15) is 0 Å². The maximum absolute atomic E-state index is 13.2. The van der Waals surface area contributed by atoms with Gasteiger partial charge in [0.2, 0.25) is 5.91 Å². The molecule has 3 N–H and O–H groups in total. The molecule has 0 radical (unpaired) electrons. The molecule has 0 spiro atoms. The molecule has 0 unspecified atom stereocenters. The third kappa shape index (κ3) is 3.16. The molecule has 0 aromatic heterocycles. The van der Waals surface area contributed by atoms with Gasteiger partial charge in [-0.25, -0.2) is 0 Å². The summed E-state index contributed by atoms with van der Waals surface area (Å²) >= 11 is 0. The monoisotopic (exact) mass is 295 g/mol. The van der Waals surface area contributed by atoms with Crippen molar-refractivity contribution in [3.63, 3.8) is 0 Å². The number of nitrogens with two attached hydrogens (primary N) is 1. The second-order valence-electron chi connectivity index (χ2n) is 6.51. The molecule has 0 aromatic rings. The number of carbonyl (C=O) groups is 1. The van der Waals surface area contributed by atoms with Crippen LogP contribution >= 0.6 is 0 Å².